The first kappa shape index (κ1) is 25.7. The maximum atomic E-state index is 14.5. The van der Waals surface area contributed by atoms with Gasteiger partial charge >= 0.3 is 0 Å². The van der Waals surface area contributed by atoms with Gasteiger partial charge in [-0.15, -0.1) is 0 Å². The molecule has 38 heavy (non-hydrogen) atoms. The zero-order valence-electron chi connectivity index (χ0n) is 23.6. The van der Waals surface area contributed by atoms with Crippen LogP contribution in [-0.4, -0.2) is 54.2 Å². The molecule has 1 unspecified atom stereocenters. The molecule has 0 aromatic rings. The minimum Gasteiger partial charge on any atom is -0.469 e. The van der Waals surface area contributed by atoms with Crippen LogP contribution >= 0.6 is 0 Å². The number of carbonyl (C=O) groups excluding carboxylic acids is 1. The molecule has 7 nitrogen and oxygen atoms in total. The van der Waals surface area contributed by atoms with Gasteiger partial charge in [-0.1, -0.05) is 33.8 Å². The lowest BCUT2D eigenvalue weighted by Crippen LogP contribution is -2.82. The number of aliphatic hydroxyl groups excluding tert-OH is 1. The molecule has 4 bridgehead atoms. The van der Waals surface area contributed by atoms with E-state index in [0.717, 1.165) is 50.7 Å². The minimum absolute atomic E-state index is 0.0404. The third-order valence-electron chi connectivity index (χ3n) is 11.3. The van der Waals surface area contributed by atoms with E-state index in [1.54, 1.807) is 0 Å². The number of ether oxygens (including phenoxy) is 5. The quantitative estimate of drug-likeness (QED) is 0.405. The number of rotatable bonds is 4. The number of aliphatic hydroxyl groups is 1. The standard InChI is InChI=1S/C31H44O7/c1-7-8-14-34-21-12-9-18-16-27(3,4)22-24(33)31-30-20(29(22,13-15-35-31)25(18)36-21)11-10-19(17(2)23(30)32)26(30)37-28(5,6)38-31/h19-22,24,26,33H,2,7-16H2,1,3-6H3/t19-,20-,21-,22+,24-,26?,29-,30-,31-/m0/s1. The van der Waals surface area contributed by atoms with Crippen LogP contribution in [0.3, 0.4) is 0 Å². The van der Waals surface area contributed by atoms with E-state index in [2.05, 4.69) is 27.4 Å². The van der Waals surface area contributed by atoms with Gasteiger partial charge in [0.25, 0.3) is 0 Å². The molecule has 3 spiro atoms. The monoisotopic (exact) mass is 528 g/mol. The van der Waals surface area contributed by atoms with Gasteiger partial charge in [0.2, 0.25) is 5.79 Å². The van der Waals surface area contributed by atoms with E-state index < -0.39 is 34.6 Å². The molecule has 0 aromatic carbocycles. The predicted octanol–water partition coefficient (Wildman–Crippen LogP) is 5.02. The Hall–Kier alpha value is -1.25. The highest BCUT2D eigenvalue weighted by molar-refractivity contribution is 6.05. The summed E-state index contributed by atoms with van der Waals surface area (Å²) in [5.41, 5.74) is -0.0399. The number of hydrogen-bond donors (Lipinski definition) is 1. The van der Waals surface area contributed by atoms with Crippen LogP contribution in [0.5, 0.6) is 0 Å². The molecule has 0 aromatic heterocycles. The van der Waals surface area contributed by atoms with Gasteiger partial charge in [-0.25, -0.2) is 0 Å². The zero-order chi connectivity index (χ0) is 26.9. The van der Waals surface area contributed by atoms with E-state index >= 15 is 0 Å². The second kappa shape index (κ2) is 7.94. The van der Waals surface area contributed by atoms with Gasteiger partial charge < -0.3 is 28.8 Å². The predicted molar refractivity (Wildman–Crippen MR) is 138 cm³/mol. The molecule has 7 heteroatoms. The van der Waals surface area contributed by atoms with Crippen molar-refractivity contribution in [3.63, 3.8) is 0 Å². The van der Waals surface area contributed by atoms with Crippen molar-refractivity contribution in [1.29, 1.82) is 0 Å². The van der Waals surface area contributed by atoms with E-state index in [4.69, 9.17) is 23.7 Å². The molecule has 9 atom stereocenters. The van der Waals surface area contributed by atoms with Gasteiger partial charge in [-0.05, 0) is 74.9 Å². The van der Waals surface area contributed by atoms with Crippen LogP contribution in [-0.2, 0) is 28.5 Å². The van der Waals surface area contributed by atoms with Crippen LogP contribution < -0.4 is 0 Å². The molecule has 1 N–H and O–H groups in total. The molecule has 8 rings (SSSR count). The van der Waals surface area contributed by atoms with Crippen molar-refractivity contribution in [2.24, 2.45) is 34.0 Å². The second-order valence-corrected chi connectivity index (χ2v) is 14.1. The minimum atomic E-state index is -1.48. The van der Waals surface area contributed by atoms with Crippen LogP contribution in [0, 0.1) is 34.0 Å². The summed E-state index contributed by atoms with van der Waals surface area (Å²) >= 11 is 0. The van der Waals surface area contributed by atoms with Gasteiger partial charge in [-0.2, -0.15) is 0 Å². The summed E-state index contributed by atoms with van der Waals surface area (Å²) in [6.45, 7) is 15.8. The molecule has 0 amide bonds. The number of hydrogen-bond acceptors (Lipinski definition) is 7. The Morgan fingerprint density at radius 1 is 1.16 bits per heavy atom. The Labute approximate surface area is 226 Å². The highest BCUT2D eigenvalue weighted by Gasteiger charge is 2.88. The first-order chi connectivity index (χ1) is 18.0. The fourth-order valence-corrected chi connectivity index (χ4v) is 10.5. The third-order valence-corrected chi connectivity index (χ3v) is 11.3. The molecule has 0 radical (unpaired) electrons. The Balaban J connectivity index is 1.46. The van der Waals surface area contributed by atoms with Crippen molar-refractivity contribution in [2.45, 2.75) is 116 Å². The summed E-state index contributed by atoms with van der Waals surface area (Å²) in [5, 5.41) is 12.6. The summed E-state index contributed by atoms with van der Waals surface area (Å²) in [4.78, 5) is 14.5. The molecule has 3 saturated carbocycles. The van der Waals surface area contributed by atoms with Crippen LogP contribution in [0.4, 0.5) is 0 Å². The summed E-state index contributed by atoms with van der Waals surface area (Å²) < 4.78 is 33.2. The molecular formula is C31H44O7. The van der Waals surface area contributed by atoms with E-state index in [-0.39, 0.29) is 35.2 Å². The summed E-state index contributed by atoms with van der Waals surface area (Å²) in [6, 6.07) is 0. The Morgan fingerprint density at radius 2 is 1.95 bits per heavy atom. The van der Waals surface area contributed by atoms with Gasteiger partial charge in [0.1, 0.15) is 17.3 Å². The lowest BCUT2D eigenvalue weighted by Gasteiger charge is -2.72. The first-order valence-corrected chi connectivity index (χ1v) is 14.9. The third kappa shape index (κ3) is 2.81. The molecule has 4 aliphatic heterocycles. The maximum Gasteiger partial charge on any atom is 0.213 e. The van der Waals surface area contributed by atoms with Crippen molar-refractivity contribution in [3.05, 3.63) is 23.5 Å². The molecular weight excluding hydrogens is 484 g/mol. The number of ketones is 1. The summed E-state index contributed by atoms with van der Waals surface area (Å²) in [6.07, 6.45) is 5.23. The van der Waals surface area contributed by atoms with Gasteiger partial charge in [-0.3, -0.25) is 4.79 Å². The topological polar surface area (TPSA) is 83.5 Å². The average Bonchev–Trinajstić information content (AvgIpc) is 2.99. The highest BCUT2D eigenvalue weighted by atomic mass is 16.8. The van der Waals surface area contributed by atoms with Crippen LogP contribution in [0.25, 0.3) is 0 Å². The largest absolute Gasteiger partial charge is 0.469 e. The van der Waals surface area contributed by atoms with Crippen molar-refractivity contribution in [3.8, 4) is 0 Å². The maximum absolute atomic E-state index is 14.5. The fraction of sp³-hybridized carbons (Fsp3) is 0.839. The van der Waals surface area contributed by atoms with E-state index in [1.165, 1.54) is 5.57 Å². The SMILES string of the molecule is C=C1C(=O)[C@@]23C4OC(C)(C)O[C@]25OCC[C@]2(C6=C(CC[C@@H](OCCCC)O6)CC(C)(C)[C@H]2[C@@H]5O)[C@@H]3CC[C@@H]14. The van der Waals surface area contributed by atoms with E-state index in [9.17, 15) is 9.90 Å². The molecule has 8 aliphatic rings. The highest BCUT2D eigenvalue weighted by Crippen LogP contribution is 2.79. The second-order valence-electron chi connectivity index (χ2n) is 14.1. The van der Waals surface area contributed by atoms with Crippen LogP contribution in [0.15, 0.2) is 23.5 Å². The number of fused-ring (bicyclic) bond motifs is 2. The van der Waals surface area contributed by atoms with Crippen molar-refractivity contribution < 1.29 is 33.6 Å². The number of unbranched alkanes of at least 4 members (excludes halogenated alkanes) is 1. The summed E-state index contributed by atoms with van der Waals surface area (Å²) in [7, 11) is 0. The van der Waals surface area contributed by atoms with Crippen LogP contribution in [0.2, 0.25) is 0 Å². The molecule has 3 saturated heterocycles. The van der Waals surface area contributed by atoms with Crippen molar-refractivity contribution in [1.82, 2.24) is 0 Å². The zero-order valence-corrected chi connectivity index (χ0v) is 23.6. The van der Waals surface area contributed by atoms with E-state index in [1.807, 2.05) is 13.8 Å². The van der Waals surface area contributed by atoms with Gasteiger partial charge in [0, 0.05) is 23.7 Å². The average molecular weight is 529 g/mol. The normalized spacial score (nSPS) is 49.6. The van der Waals surface area contributed by atoms with Gasteiger partial charge in [0.15, 0.2) is 17.9 Å². The smallest absolute Gasteiger partial charge is 0.213 e. The Bertz CT molecular complexity index is 1110. The Morgan fingerprint density at radius 3 is 2.71 bits per heavy atom. The molecule has 6 fully saturated rings. The number of carbonyl (C=O) groups is 1. The lowest BCUT2D eigenvalue weighted by atomic mass is 9.37. The molecule has 4 heterocycles. The molecule has 210 valence electrons. The van der Waals surface area contributed by atoms with Crippen molar-refractivity contribution in [2.75, 3.05) is 13.2 Å². The summed E-state index contributed by atoms with van der Waals surface area (Å²) in [5.74, 6) is -1.99. The Kier molecular flexibility index (Phi) is 5.37. The van der Waals surface area contributed by atoms with Crippen molar-refractivity contribution >= 4 is 5.78 Å². The number of Topliss-reactive ketones (excluding diaryl/α,β-unsaturated/α-hetero) is 1. The number of allylic oxidation sites excluding steroid dienone is 2. The van der Waals surface area contributed by atoms with Gasteiger partial charge in [0.05, 0.1) is 19.3 Å². The lowest BCUT2D eigenvalue weighted by molar-refractivity contribution is -0.487. The molecule has 4 aliphatic carbocycles. The first-order valence-electron chi connectivity index (χ1n) is 14.9. The van der Waals surface area contributed by atoms with E-state index in [0.29, 0.717) is 25.2 Å². The fourth-order valence-electron chi connectivity index (χ4n) is 10.5. The van der Waals surface area contributed by atoms with Crippen LogP contribution in [0.1, 0.15) is 86.0 Å².